The van der Waals surface area contributed by atoms with Crippen molar-refractivity contribution in [1.82, 2.24) is 0 Å². The van der Waals surface area contributed by atoms with Crippen molar-refractivity contribution in [3.05, 3.63) is 69.8 Å². The van der Waals surface area contributed by atoms with Crippen LogP contribution >= 0.6 is 0 Å². The quantitative estimate of drug-likeness (QED) is 0.239. The number of unbranched alkanes of at least 4 members (excludes halogenated alkanes) is 3. The average molecular weight is 408 g/mol. The van der Waals surface area contributed by atoms with Gasteiger partial charge in [0.15, 0.2) is 0 Å². The molecule has 0 spiro atoms. The van der Waals surface area contributed by atoms with E-state index in [1.807, 2.05) is 12.1 Å². The lowest BCUT2D eigenvalue weighted by atomic mass is 9.76. The van der Waals surface area contributed by atoms with Crippen LogP contribution in [0.4, 0.5) is 11.4 Å². The van der Waals surface area contributed by atoms with Gasteiger partial charge in [-0.15, -0.1) is 0 Å². The number of non-ortho nitro benzene ring substituents is 1. The van der Waals surface area contributed by atoms with Crippen LogP contribution in [0.25, 0.3) is 0 Å². The van der Waals surface area contributed by atoms with E-state index in [2.05, 4.69) is 30.5 Å². The Hall–Kier alpha value is -3.02. The van der Waals surface area contributed by atoms with Crippen molar-refractivity contribution in [3.8, 4) is 11.5 Å². The van der Waals surface area contributed by atoms with Crippen molar-refractivity contribution in [2.75, 3.05) is 11.9 Å². The van der Waals surface area contributed by atoms with Crippen LogP contribution in [0.5, 0.6) is 11.5 Å². The van der Waals surface area contributed by atoms with Crippen molar-refractivity contribution in [2.24, 2.45) is 5.92 Å². The van der Waals surface area contributed by atoms with E-state index < -0.39 is 4.92 Å². The van der Waals surface area contributed by atoms with Crippen molar-refractivity contribution in [1.29, 1.82) is 0 Å². The summed E-state index contributed by atoms with van der Waals surface area (Å²) in [5.74, 6) is 1.33. The molecule has 1 aliphatic carbocycles. The minimum absolute atomic E-state index is 0.00951. The van der Waals surface area contributed by atoms with Crippen LogP contribution in [-0.2, 0) is 0 Å². The number of nitrogens with zero attached hydrogens (tertiary/aromatic N) is 1. The average Bonchev–Trinajstić information content (AvgIpc) is 3.24. The number of hydrogen-bond donors (Lipinski definition) is 2. The van der Waals surface area contributed by atoms with Gasteiger partial charge in [-0.25, -0.2) is 0 Å². The molecule has 2 aromatic rings. The molecule has 0 radical (unpaired) electrons. The van der Waals surface area contributed by atoms with Gasteiger partial charge in [0, 0.05) is 29.3 Å². The zero-order chi connectivity index (χ0) is 21.1. The van der Waals surface area contributed by atoms with Gasteiger partial charge in [-0.05, 0) is 48.6 Å². The molecule has 6 heteroatoms. The number of fused-ring (bicyclic) bond motifs is 3. The summed E-state index contributed by atoms with van der Waals surface area (Å²) in [6.45, 7) is 2.92. The molecule has 0 aromatic heterocycles. The van der Waals surface area contributed by atoms with Gasteiger partial charge >= 0.3 is 0 Å². The molecule has 6 nitrogen and oxygen atoms in total. The normalized spacial score (nSPS) is 21.6. The van der Waals surface area contributed by atoms with Crippen LogP contribution in [-0.4, -0.2) is 16.6 Å². The molecule has 158 valence electrons. The van der Waals surface area contributed by atoms with Crippen molar-refractivity contribution >= 4 is 11.4 Å². The third-order valence-electron chi connectivity index (χ3n) is 6.16. The first-order valence-corrected chi connectivity index (χ1v) is 10.8. The predicted octanol–water partition coefficient (Wildman–Crippen LogP) is 6.09. The highest BCUT2D eigenvalue weighted by molar-refractivity contribution is 5.63. The first-order chi connectivity index (χ1) is 14.6. The van der Waals surface area contributed by atoms with Gasteiger partial charge in [-0.3, -0.25) is 10.1 Å². The van der Waals surface area contributed by atoms with Gasteiger partial charge in [-0.1, -0.05) is 38.3 Å². The standard InChI is InChI=1S/C24H28N2O4/c1-2-3-4-5-13-30-17-10-11-22-20(15-17)18-7-6-8-19(18)24(25-22)21-14-16(26(28)29)9-12-23(21)27/h6-7,9-12,14-15,18-19,24-25,27H,2-5,8,13H2,1H3. The van der Waals surface area contributed by atoms with E-state index in [9.17, 15) is 15.2 Å². The summed E-state index contributed by atoms with van der Waals surface area (Å²) in [6, 6.07) is 10.1. The molecule has 3 unspecified atom stereocenters. The monoisotopic (exact) mass is 408 g/mol. The maximum atomic E-state index is 11.2. The molecule has 30 heavy (non-hydrogen) atoms. The Balaban J connectivity index is 1.58. The number of phenols is 1. The molecule has 0 saturated heterocycles. The minimum atomic E-state index is -0.422. The zero-order valence-corrected chi connectivity index (χ0v) is 17.2. The van der Waals surface area contributed by atoms with Crippen molar-refractivity contribution < 1.29 is 14.8 Å². The van der Waals surface area contributed by atoms with Gasteiger partial charge in [0.05, 0.1) is 17.6 Å². The lowest BCUT2D eigenvalue weighted by molar-refractivity contribution is -0.385. The second-order valence-electron chi connectivity index (χ2n) is 8.13. The van der Waals surface area contributed by atoms with Gasteiger partial charge < -0.3 is 15.2 Å². The van der Waals surface area contributed by atoms with Crippen LogP contribution in [0.1, 0.15) is 62.1 Å². The van der Waals surface area contributed by atoms with Gasteiger partial charge in [0.25, 0.3) is 5.69 Å². The second kappa shape index (κ2) is 8.78. The third-order valence-corrected chi connectivity index (χ3v) is 6.16. The van der Waals surface area contributed by atoms with Crippen molar-refractivity contribution in [3.63, 3.8) is 0 Å². The Kier molecular flexibility index (Phi) is 5.93. The fourth-order valence-corrected chi connectivity index (χ4v) is 4.59. The second-order valence-corrected chi connectivity index (χ2v) is 8.13. The molecule has 2 N–H and O–H groups in total. The van der Waals surface area contributed by atoms with E-state index >= 15 is 0 Å². The van der Waals surface area contributed by atoms with E-state index in [1.54, 1.807) is 0 Å². The SMILES string of the molecule is CCCCCCOc1ccc2c(c1)C1C=CCC1C(c1cc([N+](=O)[O-])ccc1O)N2. The molecule has 2 aromatic carbocycles. The van der Waals surface area contributed by atoms with Crippen LogP contribution in [0.2, 0.25) is 0 Å². The van der Waals surface area contributed by atoms with Crippen LogP contribution < -0.4 is 10.1 Å². The molecule has 3 atom stereocenters. The Morgan fingerprint density at radius 1 is 1.17 bits per heavy atom. The van der Waals surface area contributed by atoms with E-state index in [0.717, 1.165) is 30.9 Å². The van der Waals surface area contributed by atoms with E-state index in [0.29, 0.717) is 5.56 Å². The first-order valence-electron chi connectivity index (χ1n) is 10.8. The molecule has 2 aliphatic rings. The molecule has 0 fully saturated rings. The first kappa shape index (κ1) is 20.3. The number of phenolic OH excluding ortho intramolecular Hbond substituents is 1. The van der Waals surface area contributed by atoms with Gasteiger partial charge in [0.2, 0.25) is 0 Å². The Morgan fingerprint density at radius 2 is 2.03 bits per heavy atom. The van der Waals surface area contributed by atoms with E-state index in [-0.39, 0.29) is 29.3 Å². The molecule has 4 rings (SSSR count). The number of nitrogens with one attached hydrogen (secondary N) is 1. The van der Waals surface area contributed by atoms with E-state index in [1.165, 1.54) is 43.0 Å². The topological polar surface area (TPSA) is 84.6 Å². The highest BCUT2D eigenvalue weighted by Gasteiger charge is 2.39. The van der Waals surface area contributed by atoms with Crippen LogP contribution in [0, 0.1) is 16.0 Å². The summed E-state index contributed by atoms with van der Waals surface area (Å²) in [4.78, 5) is 10.8. The number of hydrogen-bond acceptors (Lipinski definition) is 5. The summed E-state index contributed by atoms with van der Waals surface area (Å²) in [7, 11) is 0. The molecule has 1 aliphatic heterocycles. The third kappa shape index (κ3) is 3.99. The number of allylic oxidation sites excluding steroid dienone is 2. The minimum Gasteiger partial charge on any atom is -0.508 e. The smallest absolute Gasteiger partial charge is 0.270 e. The summed E-state index contributed by atoms with van der Waals surface area (Å²) in [5, 5.41) is 25.2. The predicted molar refractivity (Wildman–Crippen MR) is 117 cm³/mol. The maximum absolute atomic E-state index is 11.2. The Bertz CT molecular complexity index is 956. The summed E-state index contributed by atoms with van der Waals surface area (Å²) in [6.07, 6.45) is 9.90. The maximum Gasteiger partial charge on any atom is 0.270 e. The number of benzene rings is 2. The Labute approximate surface area is 176 Å². The molecular weight excluding hydrogens is 380 g/mol. The fraction of sp³-hybridized carbons (Fsp3) is 0.417. The summed E-state index contributed by atoms with van der Waals surface area (Å²) < 4.78 is 5.97. The lowest BCUT2D eigenvalue weighted by Gasteiger charge is -2.37. The van der Waals surface area contributed by atoms with Gasteiger partial charge in [-0.2, -0.15) is 0 Å². The van der Waals surface area contributed by atoms with Gasteiger partial charge in [0.1, 0.15) is 11.5 Å². The number of nitro benzene ring substituents is 1. The highest BCUT2D eigenvalue weighted by atomic mass is 16.6. The number of rotatable bonds is 8. The fourth-order valence-electron chi connectivity index (χ4n) is 4.59. The largest absolute Gasteiger partial charge is 0.508 e. The Morgan fingerprint density at radius 3 is 2.83 bits per heavy atom. The zero-order valence-electron chi connectivity index (χ0n) is 17.2. The number of anilines is 1. The van der Waals surface area contributed by atoms with E-state index in [4.69, 9.17) is 4.74 Å². The molecular formula is C24H28N2O4. The van der Waals surface area contributed by atoms with Crippen LogP contribution in [0.3, 0.4) is 0 Å². The molecule has 0 amide bonds. The number of aromatic hydroxyl groups is 1. The number of nitro groups is 1. The summed E-state index contributed by atoms with van der Waals surface area (Å²) >= 11 is 0. The van der Waals surface area contributed by atoms with Crippen LogP contribution in [0.15, 0.2) is 48.6 Å². The highest BCUT2D eigenvalue weighted by Crippen LogP contribution is 2.52. The number of ether oxygens (including phenoxy) is 1. The summed E-state index contributed by atoms with van der Waals surface area (Å²) in [5.41, 5.74) is 2.73. The molecule has 0 saturated carbocycles. The lowest BCUT2D eigenvalue weighted by Crippen LogP contribution is -2.29. The molecule has 1 heterocycles. The van der Waals surface area contributed by atoms with Crippen molar-refractivity contribution in [2.45, 2.75) is 51.0 Å². The molecule has 0 bridgehead atoms.